The summed E-state index contributed by atoms with van der Waals surface area (Å²) in [6.07, 6.45) is -5.08. The fourth-order valence-corrected chi connectivity index (χ4v) is 3.47. The number of halogens is 3. The molecule has 0 aliphatic rings. The lowest BCUT2D eigenvalue weighted by molar-refractivity contribution is -0.192. The number of aliphatic carboxylic acids is 1. The van der Waals surface area contributed by atoms with E-state index in [0.29, 0.717) is 65.8 Å². The molecule has 0 aliphatic heterocycles. The molecule has 0 spiro atoms. The molecule has 0 atom stereocenters. The van der Waals surface area contributed by atoms with Crippen LogP contribution in [-0.4, -0.2) is 90.1 Å². The van der Waals surface area contributed by atoms with E-state index in [1.165, 1.54) is 7.11 Å². The standard InChI is InChI=1S/C24H27N5O6.C2HF3O2/c1-14-16-12-19(34-10-8-31-2)20(35-11-9-32-3)13-17(16)26-23(25-14)29-24-27-21-15(22(30)28-24)6-5-7-18(21)33-4;3-2(4,5)1(6)7/h5-7,12-13H,8-11H2,1-4H3,(H2,25,26,27,28,29,30);(H,6,7). The van der Waals surface area contributed by atoms with E-state index < -0.39 is 12.1 Å². The summed E-state index contributed by atoms with van der Waals surface area (Å²) >= 11 is 0. The molecule has 3 N–H and O–H groups in total. The van der Waals surface area contributed by atoms with Gasteiger partial charge in [-0.3, -0.25) is 5.32 Å². The molecule has 0 unspecified atom stereocenters. The Balaban J connectivity index is 0.000000616. The molecule has 2 aromatic heterocycles. The number of aromatic nitrogens is 4. The summed E-state index contributed by atoms with van der Waals surface area (Å²) < 4.78 is 59.0. The number of nitrogens with one attached hydrogen (secondary N) is 1. The summed E-state index contributed by atoms with van der Waals surface area (Å²) in [4.78, 5) is 26.6. The summed E-state index contributed by atoms with van der Waals surface area (Å²) in [5.74, 6) is -0.938. The van der Waals surface area contributed by atoms with E-state index in [2.05, 4.69) is 25.3 Å². The van der Waals surface area contributed by atoms with Gasteiger partial charge in [-0.1, -0.05) is 6.07 Å². The fraction of sp³-hybridized carbons (Fsp3) is 0.346. The van der Waals surface area contributed by atoms with Crippen molar-refractivity contribution >= 4 is 39.7 Å². The van der Waals surface area contributed by atoms with Crippen LogP contribution in [0.1, 0.15) is 5.69 Å². The van der Waals surface area contributed by atoms with Crippen molar-refractivity contribution in [3.63, 3.8) is 0 Å². The normalized spacial score (nSPS) is 11.1. The molecule has 0 saturated heterocycles. The maximum absolute atomic E-state index is 10.6. The number of carboxylic acid groups (broad SMARTS) is 1. The Bertz CT molecular complexity index is 1540. The first-order valence-corrected chi connectivity index (χ1v) is 12.1. The van der Waals surface area contributed by atoms with E-state index in [1.54, 1.807) is 38.5 Å². The number of carboxylic acids is 1. The van der Waals surface area contributed by atoms with Crippen molar-refractivity contribution in [3.8, 4) is 23.1 Å². The average molecular weight is 596 g/mol. The minimum absolute atomic E-state index is 0.134. The Morgan fingerprint density at radius 1 is 0.857 bits per heavy atom. The highest BCUT2D eigenvalue weighted by Gasteiger charge is 2.38. The number of rotatable bonds is 11. The average Bonchev–Trinajstić information content (AvgIpc) is 2.93. The van der Waals surface area contributed by atoms with Crippen LogP contribution in [0.2, 0.25) is 0 Å². The molecule has 0 aliphatic carbocycles. The summed E-state index contributed by atoms with van der Waals surface area (Å²) in [5.41, 5.74) is 1.81. The van der Waals surface area contributed by atoms with E-state index in [1.807, 2.05) is 13.0 Å². The van der Waals surface area contributed by atoms with Gasteiger partial charge in [0.2, 0.25) is 17.8 Å². The number of alkyl halides is 3. The van der Waals surface area contributed by atoms with Crippen LogP contribution >= 0.6 is 0 Å². The highest BCUT2D eigenvalue weighted by Crippen LogP contribution is 2.34. The Kier molecular flexibility index (Phi) is 10.8. The van der Waals surface area contributed by atoms with Crippen molar-refractivity contribution in [3.05, 3.63) is 36.0 Å². The zero-order chi connectivity index (χ0) is 30.9. The second kappa shape index (κ2) is 14.3. The van der Waals surface area contributed by atoms with Gasteiger partial charge in [0.05, 0.1) is 36.9 Å². The Hall–Kier alpha value is -4.70. The van der Waals surface area contributed by atoms with E-state index in [0.717, 1.165) is 5.39 Å². The second-order valence-electron chi connectivity index (χ2n) is 8.29. The van der Waals surface area contributed by atoms with Crippen LogP contribution in [-0.2, 0) is 14.3 Å². The highest BCUT2D eigenvalue weighted by atomic mass is 19.4. The minimum atomic E-state index is -5.08. The van der Waals surface area contributed by atoms with Crippen molar-refractivity contribution in [1.29, 1.82) is 0 Å². The molecule has 0 saturated carbocycles. The number of fused-ring (bicyclic) bond motifs is 2. The van der Waals surface area contributed by atoms with Crippen LogP contribution in [0.4, 0.5) is 25.1 Å². The SMILES string of the molecule is COCCOc1cc2nc(Nc3nc(O)c4cccc(OC)c4n3)nc(C)c2cc1OCCOC.O=C(O)C(F)(F)F. The highest BCUT2D eigenvalue weighted by molar-refractivity contribution is 5.89. The molecular formula is C26H28F3N5O8. The minimum Gasteiger partial charge on any atom is -0.494 e. The molecule has 0 amide bonds. The largest absolute Gasteiger partial charge is 0.494 e. The summed E-state index contributed by atoms with van der Waals surface area (Å²) in [5, 5.41) is 21.8. The van der Waals surface area contributed by atoms with Crippen LogP contribution < -0.4 is 19.5 Å². The first-order valence-electron chi connectivity index (χ1n) is 12.1. The maximum Gasteiger partial charge on any atom is 0.490 e. The lowest BCUT2D eigenvalue weighted by Gasteiger charge is -2.15. The van der Waals surface area contributed by atoms with Gasteiger partial charge in [0, 0.05) is 25.7 Å². The number of benzene rings is 2. The van der Waals surface area contributed by atoms with Crippen molar-refractivity contribution in [2.24, 2.45) is 0 Å². The van der Waals surface area contributed by atoms with Gasteiger partial charge < -0.3 is 33.9 Å². The Morgan fingerprint density at radius 2 is 1.45 bits per heavy atom. The van der Waals surface area contributed by atoms with Gasteiger partial charge in [-0.05, 0) is 25.1 Å². The monoisotopic (exact) mass is 595 g/mol. The van der Waals surface area contributed by atoms with Crippen LogP contribution in [0, 0.1) is 6.92 Å². The molecule has 2 aromatic carbocycles. The van der Waals surface area contributed by atoms with Crippen LogP contribution in [0.15, 0.2) is 30.3 Å². The molecule has 2 heterocycles. The number of aryl methyl sites for hydroxylation is 1. The number of carbonyl (C=O) groups is 1. The molecule has 226 valence electrons. The van der Waals surface area contributed by atoms with Gasteiger partial charge in [-0.15, -0.1) is 0 Å². The quantitative estimate of drug-likeness (QED) is 0.213. The predicted octanol–water partition coefficient (Wildman–Crippen LogP) is 4.02. The van der Waals surface area contributed by atoms with Crippen LogP contribution in [0.25, 0.3) is 21.8 Å². The topological polar surface area (TPSA) is 167 Å². The number of hydrogen-bond acceptors (Lipinski definition) is 12. The Morgan fingerprint density at radius 3 is 2.02 bits per heavy atom. The van der Waals surface area contributed by atoms with Crippen molar-refractivity contribution in [2.45, 2.75) is 13.1 Å². The number of anilines is 2. The summed E-state index contributed by atoms with van der Waals surface area (Å²) in [6, 6.07) is 8.86. The lowest BCUT2D eigenvalue weighted by atomic mass is 10.1. The van der Waals surface area contributed by atoms with Gasteiger partial charge >= 0.3 is 12.1 Å². The molecule has 0 bridgehead atoms. The molecule has 0 fully saturated rings. The molecule has 42 heavy (non-hydrogen) atoms. The number of ether oxygens (including phenoxy) is 5. The number of aromatic hydroxyl groups is 1. The number of para-hydroxylation sites is 1. The smallest absolute Gasteiger partial charge is 0.490 e. The van der Waals surface area contributed by atoms with Crippen molar-refractivity contribution < 1.29 is 51.9 Å². The molecular weight excluding hydrogens is 567 g/mol. The summed E-state index contributed by atoms with van der Waals surface area (Å²) in [7, 11) is 4.76. The number of methoxy groups -OCH3 is 3. The van der Waals surface area contributed by atoms with Gasteiger partial charge in [-0.25, -0.2) is 19.7 Å². The lowest BCUT2D eigenvalue weighted by Crippen LogP contribution is -2.21. The van der Waals surface area contributed by atoms with Gasteiger partial charge in [-0.2, -0.15) is 18.2 Å². The summed E-state index contributed by atoms with van der Waals surface area (Å²) in [6.45, 7) is 3.45. The molecule has 16 heteroatoms. The van der Waals surface area contributed by atoms with Crippen LogP contribution in [0.3, 0.4) is 0 Å². The van der Waals surface area contributed by atoms with Gasteiger partial charge in [0.1, 0.15) is 24.5 Å². The zero-order valence-corrected chi connectivity index (χ0v) is 23.0. The zero-order valence-electron chi connectivity index (χ0n) is 23.0. The fourth-order valence-electron chi connectivity index (χ4n) is 3.47. The third-order valence-electron chi connectivity index (χ3n) is 5.40. The number of nitrogens with zero attached hydrogens (tertiary/aromatic N) is 4. The maximum atomic E-state index is 10.6. The Labute approximate surface area is 237 Å². The van der Waals surface area contributed by atoms with E-state index in [-0.39, 0.29) is 17.8 Å². The molecule has 4 aromatic rings. The predicted molar refractivity (Wildman–Crippen MR) is 144 cm³/mol. The van der Waals surface area contributed by atoms with Crippen molar-refractivity contribution in [2.75, 3.05) is 53.1 Å². The third-order valence-corrected chi connectivity index (χ3v) is 5.40. The molecule has 0 radical (unpaired) electrons. The van der Waals surface area contributed by atoms with E-state index in [4.69, 9.17) is 33.6 Å². The first kappa shape index (κ1) is 31.8. The van der Waals surface area contributed by atoms with Gasteiger partial charge in [0.25, 0.3) is 0 Å². The van der Waals surface area contributed by atoms with Gasteiger partial charge in [0.15, 0.2) is 11.5 Å². The third kappa shape index (κ3) is 8.17. The number of hydrogen-bond donors (Lipinski definition) is 3. The van der Waals surface area contributed by atoms with E-state index in [9.17, 15) is 18.3 Å². The first-order chi connectivity index (χ1) is 20.0. The van der Waals surface area contributed by atoms with Crippen LogP contribution in [0.5, 0.6) is 23.1 Å². The van der Waals surface area contributed by atoms with E-state index >= 15 is 0 Å². The van der Waals surface area contributed by atoms with Crippen molar-refractivity contribution in [1.82, 2.24) is 19.9 Å². The molecule has 13 nitrogen and oxygen atoms in total. The second-order valence-corrected chi connectivity index (χ2v) is 8.29. The molecule has 4 rings (SSSR count).